The maximum atomic E-state index is 13.0. The molecule has 1 aromatic carbocycles. The summed E-state index contributed by atoms with van der Waals surface area (Å²) in [7, 11) is 1.53. The Hall–Kier alpha value is -0.330. The molecular formula is C9H9BrClFO3S. The van der Waals surface area contributed by atoms with Crippen LogP contribution in [0, 0.1) is 5.82 Å². The first kappa shape index (κ1) is 13.7. The third kappa shape index (κ3) is 4.67. The van der Waals surface area contributed by atoms with Gasteiger partial charge < -0.3 is 4.74 Å². The molecule has 0 fully saturated rings. The first-order valence-electron chi connectivity index (χ1n) is 4.39. The predicted octanol–water partition coefficient (Wildman–Crippen LogP) is 2.93. The number of hydrogen-bond donors (Lipinski definition) is 0. The standard InChI is InChI=1S/C9H9BrClFO3S/c10-9-7(12)3-1-4-8(9)15-5-2-6-16(11,13)14/h1,3-4H,2,5-6H2. The highest BCUT2D eigenvalue weighted by atomic mass is 79.9. The Labute approximate surface area is 106 Å². The molecule has 0 heterocycles. The van der Waals surface area contributed by atoms with Crippen molar-refractivity contribution in [1.29, 1.82) is 0 Å². The molecule has 0 bridgehead atoms. The van der Waals surface area contributed by atoms with Crippen LogP contribution in [0.15, 0.2) is 22.7 Å². The van der Waals surface area contributed by atoms with Gasteiger partial charge in [0, 0.05) is 10.7 Å². The quantitative estimate of drug-likeness (QED) is 0.615. The zero-order chi connectivity index (χ0) is 12.2. The molecule has 0 saturated heterocycles. The van der Waals surface area contributed by atoms with Crippen molar-refractivity contribution in [2.75, 3.05) is 12.4 Å². The maximum Gasteiger partial charge on any atom is 0.232 e. The minimum Gasteiger partial charge on any atom is -0.492 e. The van der Waals surface area contributed by atoms with Crippen molar-refractivity contribution in [3.63, 3.8) is 0 Å². The minimum absolute atomic E-state index is 0.161. The van der Waals surface area contributed by atoms with Crippen molar-refractivity contribution >= 4 is 35.7 Å². The van der Waals surface area contributed by atoms with Gasteiger partial charge >= 0.3 is 0 Å². The van der Waals surface area contributed by atoms with E-state index in [4.69, 9.17) is 15.4 Å². The van der Waals surface area contributed by atoms with Crippen molar-refractivity contribution in [3.8, 4) is 5.75 Å². The summed E-state index contributed by atoms with van der Waals surface area (Å²) in [6, 6.07) is 4.39. The third-order valence-electron chi connectivity index (χ3n) is 1.71. The highest BCUT2D eigenvalue weighted by Crippen LogP contribution is 2.27. The van der Waals surface area contributed by atoms with E-state index in [0.717, 1.165) is 0 Å². The molecule has 1 rings (SSSR count). The van der Waals surface area contributed by atoms with Crippen LogP contribution in [-0.2, 0) is 9.05 Å². The van der Waals surface area contributed by atoms with Gasteiger partial charge in [-0.2, -0.15) is 0 Å². The third-order valence-corrected chi connectivity index (χ3v) is 3.72. The Morgan fingerprint density at radius 1 is 1.44 bits per heavy atom. The van der Waals surface area contributed by atoms with E-state index in [1.54, 1.807) is 6.07 Å². The van der Waals surface area contributed by atoms with E-state index in [1.165, 1.54) is 12.1 Å². The van der Waals surface area contributed by atoms with E-state index < -0.39 is 14.9 Å². The number of ether oxygens (including phenoxy) is 1. The lowest BCUT2D eigenvalue weighted by molar-refractivity contribution is 0.314. The lowest BCUT2D eigenvalue weighted by atomic mass is 10.3. The lowest BCUT2D eigenvalue weighted by Crippen LogP contribution is -2.05. The van der Waals surface area contributed by atoms with Crippen LogP contribution < -0.4 is 4.74 Å². The zero-order valence-electron chi connectivity index (χ0n) is 8.12. The summed E-state index contributed by atoms with van der Waals surface area (Å²) in [6.45, 7) is 0.161. The highest BCUT2D eigenvalue weighted by Gasteiger charge is 2.07. The fourth-order valence-electron chi connectivity index (χ4n) is 1.01. The molecule has 0 atom stereocenters. The Kier molecular flexibility index (Phi) is 5.01. The van der Waals surface area contributed by atoms with Crippen LogP contribution in [0.25, 0.3) is 0 Å². The van der Waals surface area contributed by atoms with Gasteiger partial charge in [0.2, 0.25) is 9.05 Å². The molecule has 0 N–H and O–H groups in total. The van der Waals surface area contributed by atoms with Gasteiger partial charge in [-0.3, -0.25) is 0 Å². The Morgan fingerprint density at radius 2 is 2.12 bits per heavy atom. The number of hydrogen-bond acceptors (Lipinski definition) is 3. The smallest absolute Gasteiger partial charge is 0.232 e. The van der Waals surface area contributed by atoms with Gasteiger partial charge in [0.15, 0.2) is 0 Å². The van der Waals surface area contributed by atoms with Crippen molar-refractivity contribution in [2.45, 2.75) is 6.42 Å². The Bertz CT molecular complexity index is 464. The van der Waals surface area contributed by atoms with Gasteiger partial charge in [-0.05, 0) is 34.5 Å². The number of rotatable bonds is 5. The van der Waals surface area contributed by atoms with Crippen molar-refractivity contribution in [2.24, 2.45) is 0 Å². The molecule has 0 amide bonds. The lowest BCUT2D eigenvalue weighted by Gasteiger charge is -2.07. The van der Waals surface area contributed by atoms with Gasteiger partial charge in [0.25, 0.3) is 0 Å². The van der Waals surface area contributed by atoms with Crippen LogP contribution in [0.2, 0.25) is 0 Å². The highest BCUT2D eigenvalue weighted by molar-refractivity contribution is 9.10. The van der Waals surface area contributed by atoms with Gasteiger partial charge in [-0.25, -0.2) is 12.8 Å². The first-order valence-corrected chi connectivity index (χ1v) is 7.66. The summed E-state index contributed by atoms with van der Waals surface area (Å²) in [4.78, 5) is 0. The van der Waals surface area contributed by atoms with Crippen molar-refractivity contribution in [3.05, 3.63) is 28.5 Å². The van der Waals surface area contributed by atoms with E-state index in [1.807, 2.05) is 0 Å². The number of benzene rings is 1. The topological polar surface area (TPSA) is 43.4 Å². The van der Waals surface area contributed by atoms with Crippen LogP contribution in [-0.4, -0.2) is 20.8 Å². The molecule has 0 aliphatic heterocycles. The Balaban J connectivity index is 2.47. The second-order valence-electron chi connectivity index (χ2n) is 3.00. The summed E-state index contributed by atoms with van der Waals surface area (Å²) in [5.74, 6) is -0.254. The van der Waals surface area contributed by atoms with Gasteiger partial charge in [-0.1, -0.05) is 6.07 Å². The predicted molar refractivity (Wildman–Crippen MR) is 63.9 cm³/mol. The molecular weight excluding hydrogens is 323 g/mol. The van der Waals surface area contributed by atoms with Crippen LogP contribution in [0.1, 0.15) is 6.42 Å². The van der Waals surface area contributed by atoms with E-state index in [0.29, 0.717) is 5.75 Å². The first-order chi connectivity index (χ1) is 7.40. The molecule has 90 valence electrons. The SMILES string of the molecule is O=S(=O)(Cl)CCCOc1cccc(F)c1Br. The summed E-state index contributed by atoms with van der Waals surface area (Å²) < 4.78 is 39.7. The molecule has 0 aliphatic rings. The fraction of sp³-hybridized carbons (Fsp3) is 0.333. The molecule has 0 saturated carbocycles. The van der Waals surface area contributed by atoms with E-state index >= 15 is 0 Å². The average molecular weight is 332 g/mol. The molecule has 1 aromatic rings. The van der Waals surface area contributed by atoms with Crippen LogP contribution >= 0.6 is 26.6 Å². The molecule has 3 nitrogen and oxygen atoms in total. The van der Waals surface area contributed by atoms with Crippen molar-refractivity contribution < 1.29 is 17.5 Å². The molecule has 7 heteroatoms. The second kappa shape index (κ2) is 5.84. The second-order valence-corrected chi connectivity index (χ2v) is 6.69. The molecule has 0 radical (unpaired) electrons. The largest absolute Gasteiger partial charge is 0.492 e. The van der Waals surface area contributed by atoms with Crippen molar-refractivity contribution in [1.82, 2.24) is 0 Å². The summed E-state index contributed by atoms with van der Waals surface area (Å²) in [6.07, 6.45) is 0.259. The Morgan fingerprint density at radius 3 is 2.75 bits per heavy atom. The molecule has 0 spiro atoms. The molecule has 0 unspecified atom stereocenters. The van der Waals surface area contributed by atoms with E-state index in [9.17, 15) is 12.8 Å². The maximum absolute atomic E-state index is 13.0. The summed E-state index contributed by atoms with van der Waals surface area (Å²) >= 11 is 3.03. The van der Waals surface area contributed by atoms with E-state index in [2.05, 4.69) is 15.9 Å². The normalized spacial score (nSPS) is 11.4. The van der Waals surface area contributed by atoms with Gasteiger partial charge in [-0.15, -0.1) is 0 Å². The molecule has 0 aliphatic carbocycles. The summed E-state index contributed by atoms with van der Waals surface area (Å²) in [5.41, 5.74) is 0. The van der Waals surface area contributed by atoms with Gasteiger partial charge in [0.05, 0.1) is 16.8 Å². The number of halogens is 3. The van der Waals surface area contributed by atoms with Crippen LogP contribution in [0.3, 0.4) is 0 Å². The van der Waals surface area contributed by atoms with Crippen LogP contribution in [0.5, 0.6) is 5.75 Å². The molecule has 0 aromatic heterocycles. The fourth-order valence-corrected chi connectivity index (χ4v) is 2.18. The minimum atomic E-state index is -3.49. The zero-order valence-corrected chi connectivity index (χ0v) is 11.3. The summed E-state index contributed by atoms with van der Waals surface area (Å²) in [5, 5.41) is 0. The van der Waals surface area contributed by atoms with Crippen LogP contribution in [0.4, 0.5) is 4.39 Å². The average Bonchev–Trinajstić information content (AvgIpc) is 2.17. The van der Waals surface area contributed by atoms with E-state index in [-0.39, 0.29) is 23.3 Å². The monoisotopic (exact) mass is 330 g/mol. The van der Waals surface area contributed by atoms with Gasteiger partial charge in [0.1, 0.15) is 11.6 Å². The molecule has 16 heavy (non-hydrogen) atoms.